The van der Waals surface area contributed by atoms with Gasteiger partial charge in [0.1, 0.15) is 11.4 Å². The molecule has 114 valence electrons. The Morgan fingerprint density at radius 1 is 1.18 bits per heavy atom. The zero-order valence-electron chi connectivity index (χ0n) is 12.7. The molecule has 1 atom stereocenters. The van der Waals surface area contributed by atoms with Crippen LogP contribution in [0.25, 0.3) is 0 Å². The Morgan fingerprint density at radius 3 is 2.64 bits per heavy atom. The molecule has 0 spiro atoms. The van der Waals surface area contributed by atoms with E-state index in [-0.39, 0.29) is 6.61 Å². The Hall–Kier alpha value is -2.17. The summed E-state index contributed by atoms with van der Waals surface area (Å²) in [6.07, 6.45) is 5.64. The van der Waals surface area contributed by atoms with Crippen molar-refractivity contribution < 1.29 is 14.6 Å². The second kappa shape index (κ2) is 5.91. The zero-order chi connectivity index (χ0) is 15.6. The standard InChI is InChI=1S/C18H19NO3/c1-18(22-12-13-6-4-3-5-7-13)15-10-14(11-20)19-16(15)8-9-17(18)21-2/h3-10,20H,11-12H2,1-2H3. The Bertz CT molecular complexity index is 686. The Balaban J connectivity index is 1.88. The third-order valence-electron chi connectivity index (χ3n) is 3.98. The summed E-state index contributed by atoms with van der Waals surface area (Å²) >= 11 is 0. The van der Waals surface area contributed by atoms with Crippen molar-refractivity contribution in [2.75, 3.05) is 13.7 Å². The maximum Gasteiger partial charge on any atom is 0.150 e. The second-order valence-electron chi connectivity index (χ2n) is 5.41. The van der Waals surface area contributed by atoms with Crippen molar-refractivity contribution in [2.24, 2.45) is 4.99 Å². The summed E-state index contributed by atoms with van der Waals surface area (Å²) in [5, 5.41) is 9.32. The van der Waals surface area contributed by atoms with Crippen LogP contribution in [0, 0.1) is 0 Å². The van der Waals surface area contributed by atoms with Gasteiger partial charge in [-0.3, -0.25) is 4.99 Å². The quantitative estimate of drug-likeness (QED) is 0.909. The molecular formula is C18H19NO3. The number of hydrogen-bond acceptors (Lipinski definition) is 4. The van der Waals surface area contributed by atoms with Crippen LogP contribution in [-0.4, -0.2) is 30.1 Å². The van der Waals surface area contributed by atoms with Gasteiger partial charge in [0.2, 0.25) is 0 Å². The molecule has 1 aromatic rings. The molecule has 1 heterocycles. The number of aliphatic imine (C=N–C) groups is 1. The SMILES string of the molecule is COC1=CC=C2N=C(CO)C=C2C1(C)OCc1ccccc1. The number of aliphatic hydroxyl groups excluding tert-OH is 1. The maximum atomic E-state index is 9.32. The highest BCUT2D eigenvalue weighted by molar-refractivity contribution is 6.01. The summed E-state index contributed by atoms with van der Waals surface area (Å²) in [7, 11) is 1.64. The van der Waals surface area contributed by atoms with Gasteiger partial charge in [-0.05, 0) is 30.7 Å². The van der Waals surface area contributed by atoms with Crippen LogP contribution in [0.5, 0.6) is 0 Å². The number of benzene rings is 1. The largest absolute Gasteiger partial charge is 0.498 e. The molecule has 1 aliphatic carbocycles. The molecule has 0 amide bonds. The highest BCUT2D eigenvalue weighted by Crippen LogP contribution is 2.41. The van der Waals surface area contributed by atoms with Crippen molar-refractivity contribution in [3.63, 3.8) is 0 Å². The number of nitrogens with zero attached hydrogens (tertiary/aromatic N) is 1. The minimum Gasteiger partial charge on any atom is -0.498 e. The summed E-state index contributed by atoms with van der Waals surface area (Å²) in [5.41, 5.74) is 2.76. The van der Waals surface area contributed by atoms with E-state index < -0.39 is 5.60 Å². The molecule has 2 aliphatic rings. The number of ether oxygens (including phenoxy) is 2. The van der Waals surface area contributed by atoms with Gasteiger partial charge < -0.3 is 14.6 Å². The minimum atomic E-state index is -0.713. The molecule has 4 heteroatoms. The summed E-state index contributed by atoms with van der Waals surface area (Å²) in [5.74, 6) is 0.729. The van der Waals surface area contributed by atoms with Crippen LogP contribution in [0.4, 0.5) is 0 Å². The Kier molecular flexibility index (Phi) is 3.96. The van der Waals surface area contributed by atoms with Crippen molar-refractivity contribution in [1.29, 1.82) is 0 Å². The topological polar surface area (TPSA) is 51.0 Å². The van der Waals surface area contributed by atoms with Crippen LogP contribution in [0.1, 0.15) is 12.5 Å². The summed E-state index contributed by atoms with van der Waals surface area (Å²) in [6, 6.07) is 10.0. The third-order valence-corrected chi connectivity index (χ3v) is 3.98. The molecule has 4 nitrogen and oxygen atoms in total. The van der Waals surface area contributed by atoms with E-state index in [4.69, 9.17) is 9.47 Å². The summed E-state index contributed by atoms with van der Waals surface area (Å²) < 4.78 is 11.7. The van der Waals surface area contributed by atoms with Crippen LogP contribution in [-0.2, 0) is 16.1 Å². The smallest absolute Gasteiger partial charge is 0.150 e. The monoisotopic (exact) mass is 297 g/mol. The van der Waals surface area contributed by atoms with E-state index in [0.29, 0.717) is 12.3 Å². The lowest BCUT2D eigenvalue weighted by atomic mass is 9.87. The normalized spacial score (nSPS) is 23.2. The van der Waals surface area contributed by atoms with E-state index in [2.05, 4.69) is 4.99 Å². The number of hydrogen-bond donors (Lipinski definition) is 1. The molecule has 0 aromatic heterocycles. The molecule has 0 saturated carbocycles. The number of rotatable bonds is 5. The second-order valence-corrected chi connectivity index (χ2v) is 5.41. The first-order valence-corrected chi connectivity index (χ1v) is 7.22. The Morgan fingerprint density at radius 2 is 1.95 bits per heavy atom. The van der Waals surface area contributed by atoms with E-state index in [1.54, 1.807) is 7.11 Å². The number of methoxy groups -OCH3 is 1. The van der Waals surface area contributed by atoms with Crippen molar-refractivity contribution in [1.82, 2.24) is 0 Å². The highest BCUT2D eigenvalue weighted by Gasteiger charge is 2.41. The van der Waals surface area contributed by atoms with E-state index >= 15 is 0 Å². The highest BCUT2D eigenvalue weighted by atomic mass is 16.5. The average molecular weight is 297 g/mol. The maximum absolute atomic E-state index is 9.32. The lowest BCUT2D eigenvalue weighted by molar-refractivity contribution is -0.0218. The molecule has 0 bridgehead atoms. The summed E-state index contributed by atoms with van der Waals surface area (Å²) in [6.45, 7) is 2.36. The molecular weight excluding hydrogens is 278 g/mol. The van der Waals surface area contributed by atoms with Gasteiger partial charge in [0.05, 0.1) is 31.7 Å². The molecule has 3 rings (SSSR count). The van der Waals surface area contributed by atoms with Crippen LogP contribution < -0.4 is 0 Å². The van der Waals surface area contributed by atoms with Crippen molar-refractivity contribution >= 4 is 5.71 Å². The first-order chi connectivity index (χ1) is 10.7. The van der Waals surface area contributed by atoms with E-state index in [1.807, 2.05) is 55.5 Å². The third kappa shape index (κ3) is 2.51. The van der Waals surface area contributed by atoms with E-state index in [9.17, 15) is 5.11 Å². The number of aliphatic hydroxyl groups is 1. The van der Waals surface area contributed by atoms with Gasteiger partial charge in [0.15, 0.2) is 0 Å². The molecule has 1 aromatic carbocycles. The molecule has 1 N–H and O–H groups in total. The first kappa shape index (κ1) is 14.8. The van der Waals surface area contributed by atoms with Gasteiger partial charge >= 0.3 is 0 Å². The predicted molar refractivity (Wildman–Crippen MR) is 85.4 cm³/mol. The van der Waals surface area contributed by atoms with Crippen LogP contribution in [0.2, 0.25) is 0 Å². The van der Waals surface area contributed by atoms with Gasteiger partial charge in [0.25, 0.3) is 0 Å². The average Bonchev–Trinajstić information content (AvgIpc) is 2.99. The van der Waals surface area contributed by atoms with Crippen molar-refractivity contribution in [3.8, 4) is 0 Å². The molecule has 22 heavy (non-hydrogen) atoms. The van der Waals surface area contributed by atoms with Gasteiger partial charge in [0, 0.05) is 5.57 Å². The zero-order valence-corrected chi connectivity index (χ0v) is 12.7. The fraction of sp³-hybridized carbons (Fsp3) is 0.278. The van der Waals surface area contributed by atoms with Gasteiger partial charge in [-0.15, -0.1) is 0 Å². The van der Waals surface area contributed by atoms with Crippen molar-refractivity contribution in [3.05, 3.63) is 71.2 Å². The first-order valence-electron chi connectivity index (χ1n) is 7.22. The predicted octanol–water partition coefficient (Wildman–Crippen LogP) is 2.76. The lowest BCUT2D eigenvalue weighted by Crippen LogP contribution is -2.36. The fourth-order valence-electron chi connectivity index (χ4n) is 2.74. The lowest BCUT2D eigenvalue weighted by Gasteiger charge is -2.35. The Labute approximate surface area is 130 Å². The number of allylic oxidation sites excluding steroid dienone is 2. The van der Waals surface area contributed by atoms with Crippen LogP contribution in [0.3, 0.4) is 0 Å². The van der Waals surface area contributed by atoms with Gasteiger partial charge in [-0.2, -0.15) is 0 Å². The molecule has 0 saturated heterocycles. The van der Waals surface area contributed by atoms with Gasteiger partial charge in [-0.25, -0.2) is 0 Å². The molecule has 0 radical (unpaired) electrons. The molecule has 1 aliphatic heterocycles. The van der Waals surface area contributed by atoms with Crippen LogP contribution >= 0.6 is 0 Å². The van der Waals surface area contributed by atoms with Crippen LogP contribution in [0.15, 0.2) is 70.6 Å². The number of fused-ring (bicyclic) bond motifs is 1. The summed E-state index contributed by atoms with van der Waals surface area (Å²) in [4.78, 5) is 4.40. The van der Waals surface area contributed by atoms with Gasteiger partial charge in [-0.1, -0.05) is 30.3 Å². The van der Waals surface area contributed by atoms with Crippen molar-refractivity contribution in [2.45, 2.75) is 19.1 Å². The minimum absolute atomic E-state index is 0.0854. The van der Waals surface area contributed by atoms with E-state index in [0.717, 1.165) is 22.6 Å². The van der Waals surface area contributed by atoms with E-state index in [1.165, 1.54) is 0 Å². The fourth-order valence-corrected chi connectivity index (χ4v) is 2.74. The molecule has 0 fully saturated rings. The molecule has 1 unspecified atom stereocenters.